The van der Waals surface area contributed by atoms with Crippen LogP contribution in [0, 0.1) is 5.92 Å². The van der Waals surface area contributed by atoms with Gasteiger partial charge in [-0.25, -0.2) is 8.42 Å². The van der Waals surface area contributed by atoms with Crippen molar-refractivity contribution in [3.63, 3.8) is 0 Å². The number of carbonyl (C=O) groups excluding carboxylic acids is 2. The summed E-state index contributed by atoms with van der Waals surface area (Å²) in [7, 11) is -2.08. The molecule has 21 heavy (non-hydrogen) atoms. The number of rotatable bonds is 3. The van der Waals surface area contributed by atoms with Crippen molar-refractivity contribution in [3.8, 4) is 0 Å². The topological polar surface area (TPSA) is 83.6 Å². The van der Waals surface area contributed by atoms with E-state index in [1.54, 1.807) is 31.3 Å². The van der Waals surface area contributed by atoms with Gasteiger partial charge in [-0.15, -0.1) is 0 Å². The zero-order valence-electron chi connectivity index (χ0n) is 11.5. The Labute approximate surface area is 128 Å². The van der Waals surface area contributed by atoms with E-state index >= 15 is 0 Å². The van der Waals surface area contributed by atoms with Gasteiger partial charge in [0.15, 0.2) is 0 Å². The summed E-state index contributed by atoms with van der Waals surface area (Å²) in [6.45, 7) is 0. The molecule has 8 heteroatoms. The smallest absolute Gasteiger partial charge is 0.239 e. The van der Waals surface area contributed by atoms with Crippen LogP contribution in [-0.4, -0.2) is 38.4 Å². The molecule has 114 valence electrons. The molecule has 2 atom stereocenters. The standard InChI is InChI=1S/C13H15ClN2O4S/c1-16-11(17)7-10(13(18)15-21(2,19)20)12(16)8-4-3-5-9(14)6-8/h3-6,10,12H,7H2,1-2H3,(H,15,18)/t10-,12-/m0/s1. The van der Waals surface area contributed by atoms with Crippen molar-refractivity contribution in [2.75, 3.05) is 13.3 Å². The third-order valence-electron chi connectivity index (χ3n) is 3.40. The van der Waals surface area contributed by atoms with Gasteiger partial charge in [-0.3, -0.25) is 14.3 Å². The number of nitrogens with zero attached hydrogens (tertiary/aromatic N) is 1. The molecule has 0 radical (unpaired) electrons. The van der Waals surface area contributed by atoms with E-state index in [0.717, 1.165) is 6.26 Å². The lowest BCUT2D eigenvalue weighted by atomic mass is 9.93. The third kappa shape index (κ3) is 3.54. The number of nitrogens with one attached hydrogen (secondary N) is 1. The molecule has 1 heterocycles. The maximum atomic E-state index is 12.1. The fourth-order valence-electron chi connectivity index (χ4n) is 2.51. The second-order valence-corrected chi connectivity index (χ2v) is 7.24. The average molecular weight is 331 g/mol. The van der Waals surface area contributed by atoms with Crippen molar-refractivity contribution in [3.05, 3.63) is 34.9 Å². The van der Waals surface area contributed by atoms with Crippen molar-refractivity contribution < 1.29 is 18.0 Å². The van der Waals surface area contributed by atoms with Crippen LogP contribution in [0.15, 0.2) is 24.3 Å². The van der Waals surface area contributed by atoms with E-state index in [0.29, 0.717) is 10.6 Å². The Kier molecular flexibility index (Phi) is 4.25. The number of halogens is 1. The van der Waals surface area contributed by atoms with Crippen LogP contribution in [0.2, 0.25) is 5.02 Å². The number of likely N-dealkylation sites (tertiary alicyclic amines) is 1. The highest BCUT2D eigenvalue weighted by atomic mass is 35.5. The van der Waals surface area contributed by atoms with Crippen molar-refractivity contribution >= 4 is 33.4 Å². The molecule has 0 spiro atoms. The molecule has 0 aromatic heterocycles. The van der Waals surface area contributed by atoms with E-state index in [9.17, 15) is 18.0 Å². The Morgan fingerprint density at radius 1 is 1.43 bits per heavy atom. The predicted molar refractivity (Wildman–Crippen MR) is 78.1 cm³/mol. The molecule has 1 saturated heterocycles. The molecule has 1 N–H and O–H groups in total. The summed E-state index contributed by atoms with van der Waals surface area (Å²) in [5.74, 6) is -1.66. The van der Waals surface area contributed by atoms with Crippen LogP contribution < -0.4 is 4.72 Å². The predicted octanol–water partition coefficient (Wildman–Crippen LogP) is 0.935. The molecule has 6 nitrogen and oxygen atoms in total. The SMILES string of the molecule is CN1C(=O)C[C@H](C(=O)NS(C)(=O)=O)[C@@H]1c1cccc(Cl)c1. The first-order valence-electron chi connectivity index (χ1n) is 6.22. The van der Waals surface area contributed by atoms with Crippen molar-refractivity contribution in [1.29, 1.82) is 0 Å². The number of sulfonamides is 1. The summed E-state index contributed by atoms with van der Waals surface area (Å²) in [4.78, 5) is 25.4. The summed E-state index contributed by atoms with van der Waals surface area (Å²) >= 11 is 5.94. The highest BCUT2D eigenvalue weighted by Gasteiger charge is 2.43. The van der Waals surface area contributed by atoms with E-state index in [-0.39, 0.29) is 12.3 Å². The van der Waals surface area contributed by atoms with Gasteiger partial charge in [-0.2, -0.15) is 0 Å². The lowest BCUT2D eigenvalue weighted by Gasteiger charge is -2.24. The van der Waals surface area contributed by atoms with Crippen LogP contribution in [0.1, 0.15) is 18.0 Å². The Balaban J connectivity index is 2.35. The first-order valence-corrected chi connectivity index (χ1v) is 8.49. The minimum atomic E-state index is -3.66. The molecule has 1 aliphatic rings. The van der Waals surface area contributed by atoms with Crippen molar-refractivity contribution in [2.45, 2.75) is 12.5 Å². The van der Waals surface area contributed by atoms with E-state index < -0.39 is 27.9 Å². The molecule has 1 aromatic rings. The van der Waals surface area contributed by atoms with Crippen LogP contribution in [-0.2, 0) is 19.6 Å². The Morgan fingerprint density at radius 2 is 2.10 bits per heavy atom. The fraction of sp³-hybridized carbons (Fsp3) is 0.385. The molecule has 0 aliphatic carbocycles. The summed E-state index contributed by atoms with van der Waals surface area (Å²) in [6.07, 6.45) is 0.870. The molecule has 1 fully saturated rings. The summed E-state index contributed by atoms with van der Waals surface area (Å²) in [6, 6.07) is 6.31. The number of benzene rings is 1. The second kappa shape index (κ2) is 5.65. The Hall–Kier alpha value is -1.60. The van der Waals surface area contributed by atoms with Crippen LogP contribution >= 0.6 is 11.6 Å². The quantitative estimate of drug-likeness (QED) is 0.893. The molecule has 2 amide bonds. The summed E-state index contributed by atoms with van der Waals surface area (Å²) in [5.41, 5.74) is 0.699. The monoisotopic (exact) mass is 330 g/mol. The largest absolute Gasteiger partial charge is 0.338 e. The average Bonchev–Trinajstić information content (AvgIpc) is 2.64. The van der Waals surface area contributed by atoms with Gasteiger partial charge in [0, 0.05) is 18.5 Å². The first-order chi connectivity index (χ1) is 9.69. The van der Waals surface area contributed by atoms with Gasteiger partial charge < -0.3 is 4.90 Å². The van der Waals surface area contributed by atoms with E-state index in [2.05, 4.69) is 0 Å². The van der Waals surface area contributed by atoms with Crippen LogP contribution in [0.25, 0.3) is 0 Å². The lowest BCUT2D eigenvalue weighted by Crippen LogP contribution is -2.37. The van der Waals surface area contributed by atoms with Gasteiger partial charge in [0.1, 0.15) is 0 Å². The summed E-state index contributed by atoms with van der Waals surface area (Å²) in [5, 5.41) is 0.488. The number of hydrogen-bond acceptors (Lipinski definition) is 4. The van der Waals surface area contributed by atoms with E-state index in [4.69, 9.17) is 11.6 Å². The molecule has 1 aromatic carbocycles. The maximum absolute atomic E-state index is 12.1. The maximum Gasteiger partial charge on any atom is 0.239 e. The first kappa shape index (κ1) is 15.8. The number of amides is 2. The van der Waals surface area contributed by atoms with Gasteiger partial charge in [0.25, 0.3) is 0 Å². The van der Waals surface area contributed by atoms with Crippen LogP contribution in [0.5, 0.6) is 0 Å². The molecule has 1 aliphatic heterocycles. The molecule has 2 rings (SSSR count). The van der Waals surface area contributed by atoms with Gasteiger partial charge in [0.2, 0.25) is 21.8 Å². The molecule has 0 bridgehead atoms. The van der Waals surface area contributed by atoms with Gasteiger partial charge >= 0.3 is 0 Å². The Morgan fingerprint density at radius 3 is 2.67 bits per heavy atom. The van der Waals surface area contributed by atoms with E-state index in [1.807, 2.05) is 4.72 Å². The third-order valence-corrected chi connectivity index (χ3v) is 4.21. The lowest BCUT2D eigenvalue weighted by molar-refractivity contribution is -0.128. The highest BCUT2D eigenvalue weighted by molar-refractivity contribution is 7.89. The fourth-order valence-corrected chi connectivity index (χ4v) is 3.23. The second-order valence-electron chi connectivity index (χ2n) is 5.05. The summed E-state index contributed by atoms with van der Waals surface area (Å²) < 4.78 is 24.4. The number of hydrogen-bond donors (Lipinski definition) is 1. The zero-order chi connectivity index (χ0) is 15.8. The van der Waals surface area contributed by atoms with Crippen molar-refractivity contribution in [1.82, 2.24) is 9.62 Å². The molecule has 0 saturated carbocycles. The normalized spacial score (nSPS) is 22.4. The van der Waals surface area contributed by atoms with Gasteiger partial charge in [-0.1, -0.05) is 23.7 Å². The Bertz CT molecular complexity index is 689. The highest BCUT2D eigenvalue weighted by Crippen LogP contribution is 2.37. The minimum absolute atomic E-state index is 0.0327. The van der Waals surface area contributed by atoms with Crippen molar-refractivity contribution in [2.24, 2.45) is 5.92 Å². The molecular formula is C13H15ClN2O4S. The van der Waals surface area contributed by atoms with Crippen LogP contribution in [0.3, 0.4) is 0 Å². The van der Waals surface area contributed by atoms with Gasteiger partial charge in [0.05, 0.1) is 18.2 Å². The van der Waals surface area contributed by atoms with Crippen LogP contribution in [0.4, 0.5) is 0 Å². The minimum Gasteiger partial charge on any atom is -0.338 e. The number of carbonyl (C=O) groups is 2. The molecular weight excluding hydrogens is 316 g/mol. The molecule has 0 unspecified atom stereocenters. The zero-order valence-corrected chi connectivity index (χ0v) is 13.1. The van der Waals surface area contributed by atoms with E-state index in [1.165, 1.54) is 4.90 Å². The van der Waals surface area contributed by atoms with Gasteiger partial charge in [-0.05, 0) is 17.7 Å².